The average molecular weight is 487 g/mol. The van der Waals surface area contributed by atoms with Gasteiger partial charge in [0.1, 0.15) is 0 Å². The molecule has 190 valence electrons. The minimum absolute atomic E-state index is 0.0389. The highest BCUT2D eigenvalue weighted by Gasteiger charge is 2.13. The number of amides is 1. The monoisotopic (exact) mass is 486 g/mol. The van der Waals surface area contributed by atoms with Gasteiger partial charge < -0.3 is 15.3 Å². The van der Waals surface area contributed by atoms with Gasteiger partial charge in [-0.2, -0.15) is 0 Å². The maximum Gasteiger partial charge on any atom is 0.336 e. The van der Waals surface area contributed by atoms with Gasteiger partial charge in [-0.15, -0.1) is 0 Å². The van der Waals surface area contributed by atoms with E-state index in [1.807, 2.05) is 55.3 Å². The molecule has 0 bridgehead atoms. The van der Waals surface area contributed by atoms with Gasteiger partial charge in [-0.25, -0.2) is 4.79 Å². The van der Waals surface area contributed by atoms with Crippen molar-refractivity contribution in [3.8, 4) is 11.1 Å². The normalized spacial score (nSPS) is 11.6. The Balaban J connectivity index is 1.59. The molecule has 5 nitrogen and oxygen atoms in total. The summed E-state index contributed by atoms with van der Waals surface area (Å²) >= 11 is 0. The number of carboxylic acids is 1. The van der Waals surface area contributed by atoms with Crippen LogP contribution in [0.2, 0.25) is 0 Å². The first-order valence-electron chi connectivity index (χ1n) is 12.9. The molecule has 0 spiro atoms. The summed E-state index contributed by atoms with van der Waals surface area (Å²) in [5.74, 6) is -0.752. The summed E-state index contributed by atoms with van der Waals surface area (Å²) in [5.41, 5.74) is 5.38. The molecule has 0 aliphatic carbocycles. The summed E-state index contributed by atoms with van der Waals surface area (Å²) in [7, 11) is 1.96. The SMILES string of the molecule is CCCCCCC(C)C(=O)NCc1cccc(-c2ccc(N(C)Cc3ccccc3C(=O)O)cc2)c1. The highest BCUT2D eigenvalue weighted by molar-refractivity contribution is 5.89. The molecule has 1 unspecified atom stereocenters. The lowest BCUT2D eigenvalue weighted by Gasteiger charge is -2.21. The minimum Gasteiger partial charge on any atom is -0.478 e. The van der Waals surface area contributed by atoms with Gasteiger partial charge >= 0.3 is 5.97 Å². The van der Waals surface area contributed by atoms with Crippen LogP contribution in [0.5, 0.6) is 0 Å². The zero-order valence-electron chi connectivity index (χ0n) is 21.7. The topological polar surface area (TPSA) is 69.6 Å². The summed E-state index contributed by atoms with van der Waals surface area (Å²) < 4.78 is 0. The zero-order valence-corrected chi connectivity index (χ0v) is 21.7. The first-order chi connectivity index (χ1) is 17.4. The second-order valence-electron chi connectivity index (χ2n) is 9.53. The molecule has 0 aliphatic rings. The maximum atomic E-state index is 12.5. The van der Waals surface area contributed by atoms with Crippen LogP contribution < -0.4 is 10.2 Å². The lowest BCUT2D eigenvalue weighted by molar-refractivity contribution is -0.124. The van der Waals surface area contributed by atoms with Crippen LogP contribution in [-0.2, 0) is 17.9 Å². The molecular weight excluding hydrogens is 448 g/mol. The minimum atomic E-state index is -0.910. The van der Waals surface area contributed by atoms with Gasteiger partial charge in [0.15, 0.2) is 0 Å². The van der Waals surface area contributed by atoms with Crippen molar-refractivity contribution >= 4 is 17.6 Å². The number of hydrogen-bond donors (Lipinski definition) is 2. The van der Waals surface area contributed by atoms with E-state index in [1.165, 1.54) is 19.3 Å². The van der Waals surface area contributed by atoms with Gasteiger partial charge in [0.25, 0.3) is 0 Å². The quantitative estimate of drug-likeness (QED) is 0.258. The standard InChI is InChI=1S/C31H38N2O3/c1-4-5-6-7-11-23(2)30(34)32-21-24-12-10-14-26(20-24)25-16-18-28(19-17-25)33(3)22-27-13-8-9-15-29(27)31(35)36/h8-10,12-20,23H,4-7,11,21-22H2,1-3H3,(H,32,34)(H,35,36). The molecule has 1 amide bonds. The number of benzene rings is 3. The van der Waals surface area contributed by atoms with E-state index in [1.54, 1.807) is 12.1 Å². The first-order valence-corrected chi connectivity index (χ1v) is 12.9. The van der Waals surface area contributed by atoms with Gasteiger partial charge in [-0.1, -0.05) is 88.1 Å². The van der Waals surface area contributed by atoms with E-state index in [0.717, 1.165) is 40.8 Å². The number of aromatic carboxylic acids is 1. The van der Waals surface area contributed by atoms with Gasteiger partial charge in [-0.3, -0.25) is 4.79 Å². The highest BCUT2D eigenvalue weighted by Crippen LogP contribution is 2.25. The third-order valence-corrected chi connectivity index (χ3v) is 6.63. The van der Waals surface area contributed by atoms with Crippen molar-refractivity contribution in [3.05, 3.63) is 89.5 Å². The third-order valence-electron chi connectivity index (χ3n) is 6.63. The summed E-state index contributed by atoms with van der Waals surface area (Å²) in [6.07, 6.45) is 5.68. The van der Waals surface area contributed by atoms with E-state index in [4.69, 9.17) is 0 Å². The van der Waals surface area contributed by atoms with Crippen molar-refractivity contribution in [1.29, 1.82) is 0 Å². The van der Waals surface area contributed by atoms with Crippen LogP contribution in [0.15, 0.2) is 72.8 Å². The predicted molar refractivity (Wildman–Crippen MR) is 147 cm³/mol. The van der Waals surface area contributed by atoms with E-state index in [-0.39, 0.29) is 11.8 Å². The number of hydrogen-bond acceptors (Lipinski definition) is 3. The Morgan fingerprint density at radius 2 is 1.67 bits per heavy atom. The molecule has 0 saturated carbocycles. The molecule has 0 radical (unpaired) electrons. The van der Waals surface area contributed by atoms with Crippen LogP contribution in [0.3, 0.4) is 0 Å². The van der Waals surface area contributed by atoms with Crippen molar-refractivity contribution < 1.29 is 14.7 Å². The molecular formula is C31H38N2O3. The first kappa shape index (κ1) is 27.0. The van der Waals surface area contributed by atoms with Crippen molar-refractivity contribution in [2.24, 2.45) is 5.92 Å². The number of anilines is 1. The molecule has 0 aliphatic heterocycles. The molecule has 0 heterocycles. The van der Waals surface area contributed by atoms with Crippen LogP contribution in [0.25, 0.3) is 11.1 Å². The smallest absolute Gasteiger partial charge is 0.336 e. The summed E-state index contributed by atoms with van der Waals surface area (Å²) in [4.78, 5) is 26.0. The lowest BCUT2D eigenvalue weighted by atomic mass is 10.0. The Kier molecular flexibility index (Phi) is 10.1. The molecule has 3 aromatic rings. The molecule has 5 heteroatoms. The molecule has 36 heavy (non-hydrogen) atoms. The number of carboxylic acid groups (broad SMARTS) is 1. The number of carbonyl (C=O) groups excluding carboxylic acids is 1. The second kappa shape index (κ2) is 13.5. The zero-order chi connectivity index (χ0) is 25.9. The Morgan fingerprint density at radius 3 is 2.39 bits per heavy atom. The fourth-order valence-corrected chi connectivity index (χ4v) is 4.35. The largest absolute Gasteiger partial charge is 0.478 e. The van der Waals surface area contributed by atoms with Crippen molar-refractivity contribution in [1.82, 2.24) is 5.32 Å². The molecule has 2 N–H and O–H groups in total. The summed E-state index contributed by atoms with van der Waals surface area (Å²) in [6, 6.07) is 23.6. The van der Waals surface area contributed by atoms with E-state index >= 15 is 0 Å². The Bertz CT molecular complexity index is 1140. The number of unbranched alkanes of at least 4 members (excludes halogenated alkanes) is 3. The second-order valence-corrected chi connectivity index (χ2v) is 9.53. The summed E-state index contributed by atoms with van der Waals surface area (Å²) in [5, 5.41) is 12.5. The van der Waals surface area contributed by atoms with E-state index < -0.39 is 5.97 Å². The third kappa shape index (κ3) is 7.70. The molecule has 0 fully saturated rings. The van der Waals surface area contributed by atoms with Crippen LogP contribution in [0, 0.1) is 5.92 Å². The Hall–Kier alpha value is -3.60. The van der Waals surface area contributed by atoms with Gasteiger partial charge in [0.2, 0.25) is 5.91 Å². The van der Waals surface area contributed by atoms with Crippen LogP contribution in [0.4, 0.5) is 5.69 Å². The van der Waals surface area contributed by atoms with Gasteiger partial charge in [0.05, 0.1) is 5.56 Å². The van der Waals surface area contributed by atoms with E-state index in [9.17, 15) is 14.7 Å². The summed E-state index contributed by atoms with van der Waals surface area (Å²) in [6.45, 7) is 5.24. The van der Waals surface area contributed by atoms with Crippen molar-refractivity contribution in [3.63, 3.8) is 0 Å². The van der Waals surface area contributed by atoms with Crippen LogP contribution >= 0.6 is 0 Å². The van der Waals surface area contributed by atoms with Crippen molar-refractivity contribution in [2.45, 2.75) is 59.0 Å². The number of carbonyl (C=O) groups is 2. The Morgan fingerprint density at radius 1 is 0.917 bits per heavy atom. The van der Waals surface area contributed by atoms with Gasteiger partial charge in [-0.05, 0) is 52.9 Å². The van der Waals surface area contributed by atoms with E-state index in [0.29, 0.717) is 18.7 Å². The lowest BCUT2D eigenvalue weighted by Crippen LogP contribution is -2.28. The van der Waals surface area contributed by atoms with E-state index in [2.05, 4.69) is 36.5 Å². The van der Waals surface area contributed by atoms with Crippen LogP contribution in [-0.4, -0.2) is 24.0 Å². The van der Waals surface area contributed by atoms with Gasteiger partial charge in [0, 0.05) is 31.7 Å². The molecule has 0 aromatic heterocycles. The molecule has 3 aromatic carbocycles. The van der Waals surface area contributed by atoms with Crippen molar-refractivity contribution in [2.75, 3.05) is 11.9 Å². The number of nitrogens with one attached hydrogen (secondary N) is 1. The average Bonchev–Trinajstić information content (AvgIpc) is 2.90. The molecule has 3 rings (SSSR count). The maximum absolute atomic E-state index is 12.5. The Labute approximate surface area is 215 Å². The number of rotatable bonds is 13. The highest BCUT2D eigenvalue weighted by atomic mass is 16.4. The number of nitrogens with zero attached hydrogens (tertiary/aromatic N) is 1. The molecule has 0 saturated heterocycles. The fraction of sp³-hybridized carbons (Fsp3) is 0.355. The van der Waals surface area contributed by atoms with Crippen LogP contribution in [0.1, 0.15) is 67.4 Å². The molecule has 1 atom stereocenters. The predicted octanol–water partition coefficient (Wildman–Crippen LogP) is 6.91. The fourth-order valence-electron chi connectivity index (χ4n) is 4.35.